The first-order valence-corrected chi connectivity index (χ1v) is 3.94. The second kappa shape index (κ2) is 36.1. The SMILES string of the molecule is CC(C)=NO.CC(C)=NO.N.N.O=[N+]([O-])[O-].O=[N+]([O-])[O-].[Pt+4]. The molecule has 0 heterocycles. The third kappa shape index (κ3) is 1200. The van der Waals surface area contributed by atoms with Gasteiger partial charge in [-0.25, -0.2) is 0 Å². The van der Waals surface area contributed by atoms with Crippen LogP contribution >= 0.6 is 0 Å². The molecule has 0 aromatic heterocycles. The zero-order valence-corrected chi connectivity index (χ0v) is 14.1. The van der Waals surface area contributed by atoms with E-state index in [-0.39, 0.29) is 33.4 Å². The summed E-state index contributed by atoms with van der Waals surface area (Å²) >= 11 is 0. The van der Waals surface area contributed by atoms with Crippen molar-refractivity contribution >= 4 is 11.4 Å². The summed E-state index contributed by atoms with van der Waals surface area (Å²) in [5, 5.41) is 50.6. The Kier molecular flexibility index (Phi) is 73.5. The van der Waals surface area contributed by atoms with Gasteiger partial charge in [-0.05, 0) is 27.7 Å². The summed E-state index contributed by atoms with van der Waals surface area (Å²) in [6.45, 7) is 6.89. The molecule has 0 amide bonds. The molecule has 0 saturated carbocycles. The van der Waals surface area contributed by atoms with E-state index in [2.05, 4.69) is 10.3 Å². The average Bonchev–Trinajstić information content (AvgIpc) is 2.16. The minimum absolute atomic E-state index is 0. The maximum absolute atomic E-state index is 8.25. The second-order valence-corrected chi connectivity index (χ2v) is 2.54. The van der Waals surface area contributed by atoms with Crippen LogP contribution in [0.1, 0.15) is 27.7 Å². The van der Waals surface area contributed by atoms with Crippen molar-refractivity contribution < 1.29 is 41.7 Å². The molecular weight excluding hydrogens is 479 g/mol. The molecule has 130 valence electrons. The third-order valence-electron chi connectivity index (χ3n) is 0.400. The van der Waals surface area contributed by atoms with Gasteiger partial charge in [-0.1, -0.05) is 10.3 Å². The van der Waals surface area contributed by atoms with Gasteiger partial charge < -0.3 is 53.4 Å². The van der Waals surface area contributed by atoms with Crippen LogP contribution in [-0.2, 0) is 21.1 Å². The van der Waals surface area contributed by atoms with Crippen LogP contribution in [0.4, 0.5) is 0 Å². The Labute approximate surface area is 134 Å². The molecule has 0 atom stereocenters. The van der Waals surface area contributed by atoms with Crippen LogP contribution < -0.4 is 12.3 Å². The fourth-order valence-electron chi connectivity index (χ4n) is 0. The Morgan fingerprint density at radius 3 is 0.810 bits per heavy atom. The molecule has 8 N–H and O–H groups in total. The topological polar surface area (TPSA) is 268 Å². The van der Waals surface area contributed by atoms with E-state index in [1.165, 1.54) is 0 Å². The first-order valence-electron chi connectivity index (χ1n) is 3.94. The van der Waals surface area contributed by atoms with E-state index in [4.69, 9.17) is 41.1 Å². The molecule has 0 saturated heterocycles. The normalized spacial score (nSPS) is 5.52. The van der Waals surface area contributed by atoms with Crippen LogP contribution in [0.25, 0.3) is 0 Å². The Balaban J connectivity index is -0.0000000239. The van der Waals surface area contributed by atoms with Gasteiger partial charge in [0.25, 0.3) is 0 Å². The molecule has 0 spiro atoms. The summed E-state index contributed by atoms with van der Waals surface area (Å²) in [6, 6.07) is 0. The second-order valence-electron chi connectivity index (χ2n) is 2.54. The van der Waals surface area contributed by atoms with Crippen molar-refractivity contribution in [1.82, 2.24) is 12.3 Å². The van der Waals surface area contributed by atoms with E-state index in [0.717, 1.165) is 0 Å². The molecule has 14 nitrogen and oxygen atoms in total. The molecule has 21 heavy (non-hydrogen) atoms. The van der Waals surface area contributed by atoms with Crippen molar-refractivity contribution in [2.45, 2.75) is 27.7 Å². The van der Waals surface area contributed by atoms with Gasteiger partial charge in [0, 0.05) is 0 Å². The van der Waals surface area contributed by atoms with E-state index in [0.29, 0.717) is 11.4 Å². The number of nitrogens with zero attached hydrogens (tertiary/aromatic N) is 4. The average molecular weight is 499 g/mol. The third-order valence-corrected chi connectivity index (χ3v) is 0.400. The minimum Gasteiger partial charge on any atom is -0.411 e. The largest absolute Gasteiger partial charge is 4.00 e. The fourth-order valence-corrected chi connectivity index (χ4v) is 0. The van der Waals surface area contributed by atoms with Gasteiger partial charge in [0.15, 0.2) is 0 Å². The molecule has 0 radical (unpaired) electrons. The van der Waals surface area contributed by atoms with Crippen molar-refractivity contribution in [2.24, 2.45) is 10.3 Å². The first-order chi connectivity index (χ1) is 8.00. The predicted molar refractivity (Wildman–Crippen MR) is 71.9 cm³/mol. The summed E-state index contributed by atoms with van der Waals surface area (Å²) in [5.74, 6) is 0. The summed E-state index contributed by atoms with van der Waals surface area (Å²) in [4.78, 5) is 16.5. The Hall–Kier alpha value is -2.05. The molecule has 0 aliphatic heterocycles. The molecular formula is C6H20N6O8Pt+2. The predicted octanol–water partition coefficient (Wildman–Crippen LogP) is 1.56. The molecule has 15 heteroatoms. The standard InChI is InChI=1S/2C3H7NO.2NO3.2H3N.Pt/c2*1-3(2)4-5;2*2-1(3)4;;;/h2*5H,1-2H3;;;2*1H3;/q;;2*-1;;;+4. The molecule has 0 aromatic rings. The Morgan fingerprint density at radius 2 is 0.810 bits per heavy atom. The van der Waals surface area contributed by atoms with Crippen LogP contribution in [-0.4, -0.2) is 32.0 Å². The van der Waals surface area contributed by atoms with Gasteiger partial charge >= 0.3 is 21.1 Å². The molecule has 0 aliphatic carbocycles. The molecule has 0 rings (SSSR count). The molecule has 0 unspecified atom stereocenters. The summed E-state index contributed by atoms with van der Waals surface area (Å²) in [5.41, 5.74) is 1.37. The van der Waals surface area contributed by atoms with Gasteiger partial charge in [-0.15, -0.1) is 0 Å². The maximum Gasteiger partial charge on any atom is 4.00 e. The summed E-state index contributed by atoms with van der Waals surface area (Å²) in [7, 11) is 0. The molecule has 0 aliphatic rings. The smallest absolute Gasteiger partial charge is 0.411 e. The number of oxime groups is 2. The fraction of sp³-hybridized carbons (Fsp3) is 0.667. The van der Waals surface area contributed by atoms with E-state index in [1.807, 2.05) is 0 Å². The van der Waals surface area contributed by atoms with Crippen molar-refractivity contribution in [1.29, 1.82) is 0 Å². The van der Waals surface area contributed by atoms with Crippen molar-refractivity contribution in [3.05, 3.63) is 30.6 Å². The van der Waals surface area contributed by atoms with Crippen LogP contribution in [0.15, 0.2) is 10.3 Å². The number of hydrogen-bond donors (Lipinski definition) is 4. The first kappa shape index (κ1) is 42.8. The van der Waals surface area contributed by atoms with Gasteiger partial charge in [-0.3, -0.25) is 0 Å². The van der Waals surface area contributed by atoms with Gasteiger partial charge in [0.1, 0.15) is 0 Å². The maximum atomic E-state index is 8.25. The quantitative estimate of drug-likeness (QED) is 0.161. The molecule has 0 aromatic carbocycles. The van der Waals surface area contributed by atoms with E-state index in [9.17, 15) is 0 Å². The molecule has 0 fully saturated rings. The van der Waals surface area contributed by atoms with E-state index >= 15 is 0 Å². The van der Waals surface area contributed by atoms with Crippen LogP contribution in [0.5, 0.6) is 0 Å². The Bertz CT molecular complexity index is 242. The van der Waals surface area contributed by atoms with Crippen LogP contribution in [0.2, 0.25) is 0 Å². The van der Waals surface area contributed by atoms with Crippen molar-refractivity contribution in [2.75, 3.05) is 0 Å². The summed E-state index contributed by atoms with van der Waals surface area (Å²) in [6.07, 6.45) is 0. The van der Waals surface area contributed by atoms with E-state index < -0.39 is 10.2 Å². The Morgan fingerprint density at radius 1 is 0.762 bits per heavy atom. The van der Waals surface area contributed by atoms with E-state index in [1.54, 1.807) is 27.7 Å². The van der Waals surface area contributed by atoms with Crippen molar-refractivity contribution in [3.8, 4) is 0 Å². The molecule has 0 bridgehead atoms. The van der Waals surface area contributed by atoms with Gasteiger partial charge in [-0.2, -0.15) is 0 Å². The van der Waals surface area contributed by atoms with Crippen LogP contribution in [0.3, 0.4) is 0 Å². The minimum atomic E-state index is -1.75. The van der Waals surface area contributed by atoms with Crippen LogP contribution in [0, 0.1) is 30.6 Å². The monoisotopic (exact) mass is 499 g/mol. The van der Waals surface area contributed by atoms with Gasteiger partial charge in [0.2, 0.25) is 0 Å². The zero-order chi connectivity index (χ0) is 15.7. The summed E-state index contributed by atoms with van der Waals surface area (Å²) < 4.78 is 0. The van der Waals surface area contributed by atoms with Gasteiger partial charge in [0.05, 0.1) is 21.6 Å². The van der Waals surface area contributed by atoms with Crippen molar-refractivity contribution in [3.63, 3.8) is 0 Å². The number of hydrogen-bond acceptors (Lipinski definition) is 12. The number of rotatable bonds is 0. The zero-order valence-electron chi connectivity index (χ0n) is 11.9.